The summed E-state index contributed by atoms with van der Waals surface area (Å²) in [4.78, 5) is 32.3. The minimum absolute atomic E-state index is 0.276. The number of nitrogens with one attached hydrogen (secondary N) is 1. The van der Waals surface area contributed by atoms with Crippen LogP contribution in [0.25, 0.3) is 0 Å². The summed E-state index contributed by atoms with van der Waals surface area (Å²) in [6.07, 6.45) is 0.950. The van der Waals surface area contributed by atoms with Gasteiger partial charge < -0.3 is 15.2 Å². The van der Waals surface area contributed by atoms with Gasteiger partial charge in [-0.3, -0.25) is 9.59 Å². The number of amides is 1. The third kappa shape index (κ3) is 8.56. The monoisotopic (exact) mass is 263 g/mol. The van der Waals surface area contributed by atoms with E-state index in [1.54, 1.807) is 0 Å². The summed E-state index contributed by atoms with van der Waals surface area (Å²) in [5, 5.41) is 11.1. The number of esters is 1. The molecule has 0 rings (SSSR count). The van der Waals surface area contributed by atoms with E-state index in [1.165, 1.54) is 25.8 Å². The van der Waals surface area contributed by atoms with Crippen LogP contribution in [-0.2, 0) is 19.1 Å². The summed E-state index contributed by atoms with van der Waals surface area (Å²) in [5.41, 5.74) is 0. The molecule has 6 nitrogen and oxygen atoms in total. The molecule has 0 bridgehead atoms. The van der Waals surface area contributed by atoms with Crippen LogP contribution in [0.15, 0.2) is 0 Å². The number of thioether (sulfide) groups is 1. The number of carbonyl (C=O) groups is 3. The first-order valence-corrected chi connectivity index (χ1v) is 6.27. The largest absolute Gasteiger partial charge is 0.480 e. The molecule has 0 aliphatic carbocycles. The lowest BCUT2D eigenvalue weighted by molar-refractivity contribution is -0.141. The molecular formula is C10H17NO5S. The Morgan fingerprint density at radius 1 is 1.41 bits per heavy atom. The standard InChI is InChI=1S/C10H17NO5S/c1-7(12)11-8(10(14)15)6-17-5-3-4-9(13)16-2/h8H,3-6H2,1-2H3,(H,11,12)(H,14,15). The SMILES string of the molecule is COC(=O)CCCSCC(NC(C)=O)C(=O)O. The predicted octanol–water partition coefficient (Wildman–Crippen LogP) is 0.262. The lowest BCUT2D eigenvalue weighted by Crippen LogP contribution is -2.41. The highest BCUT2D eigenvalue weighted by molar-refractivity contribution is 7.99. The first-order chi connectivity index (χ1) is 7.97. The minimum Gasteiger partial charge on any atom is -0.480 e. The van der Waals surface area contributed by atoms with Crippen LogP contribution < -0.4 is 5.32 Å². The molecule has 1 atom stereocenters. The van der Waals surface area contributed by atoms with E-state index in [9.17, 15) is 14.4 Å². The highest BCUT2D eigenvalue weighted by atomic mass is 32.2. The van der Waals surface area contributed by atoms with E-state index in [2.05, 4.69) is 10.1 Å². The van der Waals surface area contributed by atoms with Crippen LogP contribution in [0.1, 0.15) is 19.8 Å². The third-order valence-electron chi connectivity index (χ3n) is 1.86. The smallest absolute Gasteiger partial charge is 0.327 e. The lowest BCUT2D eigenvalue weighted by Gasteiger charge is -2.12. The van der Waals surface area contributed by atoms with Crippen molar-refractivity contribution >= 4 is 29.6 Å². The quantitative estimate of drug-likeness (QED) is 0.482. The summed E-state index contributed by atoms with van der Waals surface area (Å²) in [6.45, 7) is 1.28. The number of hydrogen-bond acceptors (Lipinski definition) is 5. The number of methoxy groups -OCH3 is 1. The van der Waals surface area contributed by atoms with Crippen LogP contribution in [0.4, 0.5) is 0 Å². The van der Waals surface area contributed by atoms with E-state index in [0.717, 1.165) is 0 Å². The van der Waals surface area contributed by atoms with Gasteiger partial charge in [0.05, 0.1) is 7.11 Å². The molecule has 0 saturated heterocycles. The van der Waals surface area contributed by atoms with E-state index in [1.807, 2.05) is 0 Å². The van der Waals surface area contributed by atoms with Gasteiger partial charge in [-0.15, -0.1) is 0 Å². The molecule has 7 heteroatoms. The van der Waals surface area contributed by atoms with Crippen molar-refractivity contribution in [3.63, 3.8) is 0 Å². The number of aliphatic carboxylic acids is 1. The summed E-state index contributed by atoms with van der Waals surface area (Å²) in [6, 6.07) is -0.879. The van der Waals surface area contributed by atoms with Crippen LogP contribution in [0.3, 0.4) is 0 Å². The second-order valence-electron chi connectivity index (χ2n) is 3.35. The van der Waals surface area contributed by atoms with E-state index in [4.69, 9.17) is 5.11 Å². The molecule has 2 N–H and O–H groups in total. The second-order valence-corrected chi connectivity index (χ2v) is 4.50. The molecule has 0 heterocycles. The lowest BCUT2D eigenvalue weighted by atomic mass is 10.3. The molecule has 0 aromatic heterocycles. The first-order valence-electron chi connectivity index (χ1n) is 5.11. The second kappa shape index (κ2) is 8.86. The maximum atomic E-state index is 10.8. The average molecular weight is 263 g/mol. The normalized spacial score (nSPS) is 11.6. The Morgan fingerprint density at radius 2 is 2.06 bits per heavy atom. The van der Waals surface area contributed by atoms with E-state index in [0.29, 0.717) is 18.6 Å². The number of hydrogen-bond donors (Lipinski definition) is 2. The van der Waals surface area contributed by atoms with Crippen molar-refractivity contribution in [2.24, 2.45) is 0 Å². The molecule has 0 aromatic carbocycles. The Kier molecular flexibility index (Phi) is 8.21. The topological polar surface area (TPSA) is 92.7 Å². The van der Waals surface area contributed by atoms with Gasteiger partial charge in [0.2, 0.25) is 5.91 Å². The van der Waals surface area contributed by atoms with Gasteiger partial charge in [0.1, 0.15) is 6.04 Å². The van der Waals surface area contributed by atoms with Gasteiger partial charge in [-0.05, 0) is 12.2 Å². The highest BCUT2D eigenvalue weighted by Crippen LogP contribution is 2.07. The molecule has 98 valence electrons. The summed E-state index contributed by atoms with van der Waals surface area (Å²) in [7, 11) is 1.33. The zero-order valence-electron chi connectivity index (χ0n) is 9.89. The van der Waals surface area contributed by atoms with Crippen LogP contribution in [0, 0.1) is 0 Å². The van der Waals surface area contributed by atoms with Gasteiger partial charge >= 0.3 is 11.9 Å². The van der Waals surface area contributed by atoms with Crippen molar-refractivity contribution < 1.29 is 24.2 Å². The molecule has 17 heavy (non-hydrogen) atoms. The molecule has 1 amide bonds. The third-order valence-corrected chi connectivity index (χ3v) is 3.00. The molecule has 0 aliphatic heterocycles. The highest BCUT2D eigenvalue weighted by Gasteiger charge is 2.17. The maximum absolute atomic E-state index is 10.8. The number of carboxylic acids is 1. The van der Waals surface area contributed by atoms with Crippen molar-refractivity contribution in [2.75, 3.05) is 18.6 Å². The van der Waals surface area contributed by atoms with Crippen LogP contribution in [-0.4, -0.2) is 47.6 Å². The van der Waals surface area contributed by atoms with Crippen molar-refractivity contribution in [2.45, 2.75) is 25.8 Å². The van der Waals surface area contributed by atoms with Crippen LogP contribution in [0.5, 0.6) is 0 Å². The van der Waals surface area contributed by atoms with Gasteiger partial charge in [-0.2, -0.15) is 11.8 Å². The Balaban J connectivity index is 3.72. The number of carboxylic acid groups (broad SMARTS) is 1. The van der Waals surface area contributed by atoms with Crippen molar-refractivity contribution in [3.8, 4) is 0 Å². The van der Waals surface area contributed by atoms with Crippen molar-refractivity contribution in [1.29, 1.82) is 0 Å². The zero-order chi connectivity index (χ0) is 13.3. The summed E-state index contributed by atoms with van der Waals surface area (Å²) >= 11 is 1.38. The van der Waals surface area contributed by atoms with Crippen LogP contribution in [0.2, 0.25) is 0 Å². The van der Waals surface area contributed by atoms with Crippen molar-refractivity contribution in [3.05, 3.63) is 0 Å². The molecule has 0 spiro atoms. The molecule has 0 radical (unpaired) electrons. The number of carbonyl (C=O) groups excluding carboxylic acids is 2. The Morgan fingerprint density at radius 3 is 2.53 bits per heavy atom. The van der Waals surface area contributed by atoms with Crippen LogP contribution >= 0.6 is 11.8 Å². The zero-order valence-corrected chi connectivity index (χ0v) is 10.7. The minimum atomic E-state index is -1.05. The molecule has 0 saturated carbocycles. The summed E-state index contributed by atoms with van der Waals surface area (Å²) < 4.78 is 4.47. The molecule has 0 aromatic rings. The van der Waals surface area contributed by atoms with Gasteiger partial charge in [0.25, 0.3) is 0 Å². The van der Waals surface area contributed by atoms with E-state index < -0.39 is 12.0 Å². The first kappa shape index (κ1) is 15.8. The van der Waals surface area contributed by atoms with Gasteiger partial charge in [0.15, 0.2) is 0 Å². The number of ether oxygens (including phenoxy) is 1. The fourth-order valence-electron chi connectivity index (χ4n) is 1.04. The van der Waals surface area contributed by atoms with Crippen molar-refractivity contribution in [1.82, 2.24) is 5.32 Å². The van der Waals surface area contributed by atoms with Gasteiger partial charge in [-0.25, -0.2) is 4.79 Å². The average Bonchev–Trinajstić information content (AvgIpc) is 2.25. The fourth-order valence-corrected chi connectivity index (χ4v) is 2.02. The predicted molar refractivity (Wildman–Crippen MR) is 63.8 cm³/mol. The van der Waals surface area contributed by atoms with Gasteiger partial charge in [-0.1, -0.05) is 0 Å². The molecule has 0 fully saturated rings. The van der Waals surface area contributed by atoms with E-state index in [-0.39, 0.29) is 17.6 Å². The van der Waals surface area contributed by atoms with Gasteiger partial charge in [0, 0.05) is 19.1 Å². The fraction of sp³-hybridized carbons (Fsp3) is 0.700. The maximum Gasteiger partial charge on any atom is 0.327 e. The summed E-state index contributed by atoms with van der Waals surface area (Å²) in [5.74, 6) is -0.760. The molecule has 1 unspecified atom stereocenters. The number of rotatable bonds is 8. The Bertz CT molecular complexity index is 282. The Labute approximate surface area is 104 Å². The Hall–Kier alpha value is -1.24. The van der Waals surface area contributed by atoms with E-state index >= 15 is 0 Å². The molecule has 0 aliphatic rings. The molecular weight excluding hydrogens is 246 g/mol.